The molecule has 2 fully saturated rings. The molecule has 1 amide bonds. The Kier molecular flexibility index (Phi) is 5.95. The Morgan fingerprint density at radius 1 is 1.17 bits per heavy atom. The van der Waals surface area contributed by atoms with Crippen LogP contribution in [0.25, 0.3) is 0 Å². The van der Waals surface area contributed by atoms with Crippen molar-refractivity contribution in [3.8, 4) is 0 Å². The fourth-order valence-electron chi connectivity index (χ4n) is 3.70. The van der Waals surface area contributed by atoms with Crippen LogP contribution in [0.4, 0.5) is 0 Å². The summed E-state index contributed by atoms with van der Waals surface area (Å²) in [4.78, 5) is 21.7. The SMILES string of the molecule is CC(Sc1ccccn1)C(=O)N1CCCN(C2CCCC2)CC1. The van der Waals surface area contributed by atoms with Gasteiger partial charge in [0.2, 0.25) is 5.91 Å². The summed E-state index contributed by atoms with van der Waals surface area (Å²) in [5, 5.41) is 0.860. The molecule has 1 atom stereocenters. The van der Waals surface area contributed by atoms with Crippen molar-refractivity contribution in [3.05, 3.63) is 24.4 Å². The van der Waals surface area contributed by atoms with E-state index in [2.05, 4.69) is 14.8 Å². The van der Waals surface area contributed by atoms with E-state index >= 15 is 0 Å². The summed E-state index contributed by atoms with van der Waals surface area (Å²) in [6.45, 7) is 5.96. The van der Waals surface area contributed by atoms with Crippen LogP contribution in [0.3, 0.4) is 0 Å². The second kappa shape index (κ2) is 8.15. The lowest BCUT2D eigenvalue weighted by Crippen LogP contribution is -2.40. The third-order valence-electron chi connectivity index (χ3n) is 4.97. The maximum Gasteiger partial charge on any atom is 0.235 e. The number of amides is 1. The van der Waals surface area contributed by atoms with Crippen LogP contribution in [-0.4, -0.2) is 58.2 Å². The zero-order valence-corrected chi connectivity index (χ0v) is 14.8. The summed E-state index contributed by atoms with van der Waals surface area (Å²) in [5.41, 5.74) is 0. The monoisotopic (exact) mass is 333 g/mol. The Hall–Kier alpha value is -1.07. The molecule has 4 nitrogen and oxygen atoms in total. The maximum absolute atomic E-state index is 12.7. The molecule has 0 radical (unpaired) electrons. The average Bonchev–Trinajstić information content (AvgIpc) is 3.00. The molecule has 3 rings (SSSR count). The van der Waals surface area contributed by atoms with Crippen LogP contribution in [0.15, 0.2) is 29.4 Å². The minimum atomic E-state index is -0.0667. The molecule has 1 unspecified atom stereocenters. The van der Waals surface area contributed by atoms with E-state index in [-0.39, 0.29) is 11.2 Å². The number of aromatic nitrogens is 1. The van der Waals surface area contributed by atoms with E-state index in [1.165, 1.54) is 25.7 Å². The smallest absolute Gasteiger partial charge is 0.235 e. The Labute approximate surface area is 143 Å². The minimum Gasteiger partial charge on any atom is -0.340 e. The molecule has 2 aliphatic rings. The van der Waals surface area contributed by atoms with Gasteiger partial charge in [-0.15, -0.1) is 0 Å². The van der Waals surface area contributed by atoms with Gasteiger partial charge in [0.1, 0.15) is 0 Å². The number of carbonyl (C=O) groups is 1. The molecule has 126 valence electrons. The first-order valence-electron chi connectivity index (χ1n) is 8.84. The highest BCUT2D eigenvalue weighted by atomic mass is 32.2. The van der Waals surface area contributed by atoms with Gasteiger partial charge in [0.25, 0.3) is 0 Å². The number of thioether (sulfide) groups is 1. The summed E-state index contributed by atoms with van der Waals surface area (Å²) in [6, 6.07) is 6.62. The molecule has 1 aliphatic heterocycles. The first-order chi connectivity index (χ1) is 11.2. The van der Waals surface area contributed by atoms with E-state index < -0.39 is 0 Å². The van der Waals surface area contributed by atoms with Crippen LogP contribution in [0, 0.1) is 0 Å². The van der Waals surface area contributed by atoms with E-state index in [0.29, 0.717) is 0 Å². The average molecular weight is 334 g/mol. The number of hydrogen-bond donors (Lipinski definition) is 0. The third kappa shape index (κ3) is 4.48. The lowest BCUT2D eigenvalue weighted by Gasteiger charge is -2.27. The standard InChI is InChI=1S/C18H27N3OS/c1-15(23-17-9-4-5-10-19-17)18(22)21-12-6-11-20(13-14-21)16-7-2-3-8-16/h4-5,9-10,15-16H,2-3,6-8,11-14H2,1H3. The van der Waals surface area contributed by atoms with Gasteiger partial charge in [0, 0.05) is 38.4 Å². The van der Waals surface area contributed by atoms with Crippen molar-refractivity contribution in [3.63, 3.8) is 0 Å². The highest BCUT2D eigenvalue weighted by Crippen LogP contribution is 2.26. The van der Waals surface area contributed by atoms with Crippen LogP contribution >= 0.6 is 11.8 Å². The van der Waals surface area contributed by atoms with E-state index in [4.69, 9.17) is 0 Å². The molecular formula is C18H27N3OS. The van der Waals surface area contributed by atoms with Crippen LogP contribution in [-0.2, 0) is 4.79 Å². The largest absolute Gasteiger partial charge is 0.340 e. The van der Waals surface area contributed by atoms with Gasteiger partial charge in [-0.3, -0.25) is 9.69 Å². The second-order valence-electron chi connectivity index (χ2n) is 6.58. The highest BCUT2D eigenvalue weighted by Gasteiger charge is 2.28. The number of nitrogens with zero attached hydrogens (tertiary/aromatic N) is 3. The Morgan fingerprint density at radius 3 is 2.74 bits per heavy atom. The van der Waals surface area contributed by atoms with Crippen molar-refractivity contribution in [2.24, 2.45) is 0 Å². The van der Waals surface area contributed by atoms with Gasteiger partial charge >= 0.3 is 0 Å². The molecule has 0 bridgehead atoms. The molecule has 1 saturated carbocycles. The molecule has 1 aliphatic carbocycles. The number of pyridine rings is 1. The van der Waals surface area contributed by atoms with Crippen molar-refractivity contribution in [1.82, 2.24) is 14.8 Å². The van der Waals surface area contributed by atoms with Gasteiger partial charge < -0.3 is 4.90 Å². The van der Waals surface area contributed by atoms with E-state index in [9.17, 15) is 4.79 Å². The predicted molar refractivity (Wildman–Crippen MR) is 94.6 cm³/mol. The van der Waals surface area contributed by atoms with Crippen molar-refractivity contribution in [2.75, 3.05) is 26.2 Å². The third-order valence-corrected chi connectivity index (χ3v) is 6.00. The number of hydrogen-bond acceptors (Lipinski definition) is 4. The maximum atomic E-state index is 12.7. The van der Waals surface area contributed by atoms with Gasteiger partial charge in [-0.05, 0) is 38.3 Å². The Morgan fingerprint density at radius 2 is 2.00 bits per heavy atom. The molecule has 23 heavy (non-hydrogen) atoms. The van der Waals surface area contributed by atoms with Crippen LogP contribution in [0.1, 0.15) is 39.0 Å². The molecule has 2 heterocycles. The molecule has 5 heteroatoms. The first kappa shape index (κ1) is 16.8. The van der Waals surface area contributed by atoms with Crippen molar-refractivity contribution in [1.29, 1.82) is 0 Å². The Balaban J connectivity index is 1.53. The summed E-state index contributed by atoms with van der Waals surface area (Å²) in [6.07, 6.45) is 8.33. The predicted octanol–water partition coefficient (Wildman–Crippen LogP) is 3.04. The van der Waals surface area contributed by atoms with Crippen LogP contribution < -0.4 is 0 Å². The second-order valence-corrected chi connectivity index (χ2v) is 7.94. The van der Waals surface area contributed by atoms with E-state index in [0.717, 1.165) is 43.7 Å². The van der Waals surface area contributed by atoms with Crippen LogP contribution in [0.5, 0.6) is 0 Å². The summed E-state index contributed by atoms with van der Waals surface area (Å²) < 4.78 is 0. The van der Waals surface area contributed by atoms with Gasteiger partial charge in [-0.1, -0.05) is 30.7 Å². The molecule has 1 aromatic heterocycles. The van der Waals surface area contributed by atoms with Crippen molar-refractivity contribution < 1.29 is 4.79 Å². The van der Waals surface area contributed by atoms with Crippen molar-refractivity contribution >= 4 is 17.7 Å². The summed E-state index contributed by atoms with van der Waals surface area (Å²) >= 11 is 1.56. The van der Waals surface area contributed by atoms with Crippen LogP contribution in [0.2, 0.25) is 0 Å². The fraction of sp³-hybridized carbons (Fsp3) is 0.667. The quantitative estimate of drug-likeness (QED) is 0.794. The van der Waals surface area contributed by atoms with Crippen molar-refractivity contribution in [2.45, 2.75) is 55.3 Å². The molecule has 0 N–H and O–H groups in total. The van der Waals surface area contributed by atoms with Gasteiger partial charge in [0.05, 0.1) is 10.3 Å². The van der Waals surface area contributed by atoms with Gasteiger partial charge in [0.15, 0.2) is 0 Å². The van der Waals surface area contributed by atoms with Gasteiger partial charge in [-0.25, -0.2) is 4.98 Å². The van der Waals surface area contributed by atoms with E-state index in [1.807, 2.05) is 25.1 Å². The molecule has 0 spiro atoms. The lowest BCUT2D eigenvalue weighted by atomic mass is 10.2. The van der Waals surface area contributed by atoms with Gasteiger partial charge in [-0.2, -0.15) is 0 Å². The normalized spacial score (nSPS) is 22.0. The summed E-state index contributed by atoms with van der Waals surface area (Å²) in [5.74, 6) is 0.258. The highest BCUT2D eigenvalue weighted by molar-refractivity contribution is 8.00. The molecule has 0 aromatic carbocycles. The minimum absolute atomic E-state index is 0.0667. The number of rotatable bonds is 4. The molecular weight excluding hydrogens is 306 g/mol. The lowest BCUT2D eigenvalue weighted by molar-refractivity contribution is -0.130. The zero-order chi connectivity index (χ0) is 16.1. The first-order valence-corrected chi connectivity index (χ1v) is 9.72. The fourth-order valence-corrected chi connectivity index (χ4v) is 4.59. The topological polar surface area (TPSA) is 36.4 Å². The number of carbonyl (C=O) groups excluding carboxylic acids is 1. The van der Waals surface area contributed by atoms with E-state index in [1.54, 1.807) is 18.0 Å². The Bertz CT molecular complexity index is 504. The molecule has 1 saturated heterocycles. The zero-order valence-electron chi connectivity index (χ0n) is 14.0. The summed E-state index contributed by atoms with van der Waals surface area (Å²) in [7, 11) is 0. The molecule has 1 aromatic rings.